The van der Waals surface area contributed by atoms with Crippen LogP contribution in [0.3, 0.4) is 0 Å². The number of hydrogen-bond donors (Lipinski definition) is 2. The van der Waals surface area contributed by atoms with Crippen LogP contribution in [0.1, 0.15) is 13.8 Å². The van der Waals surface area contributed by atoms with E-state index in [1.807, 2.05) is 30.3 Å². The summed E-state index contributed by atoms with van der Waals surface area (Å²) in [7, 11) is 0. The highest BCUT2D eigenvalue weighted by Gasteiger charge is 2.06. The summed E-state index contributed by atoms with van der Waals surface area (Å²) in [6.45, 7) is 4.78. The van der Waals surface area contributed by atoms with Crippen LogP contribution in [-0.2, 0) is 0 Å². The van der Waals surface area contributed by atoms with E-state index in [4.69, 9.17) is 10.5 Å². The first-order valence-electron chi connectivity index (χ1n) is 6.46. The number of benzene rings is 1. The van der Waals surface area contributed by atoms with Crippen LogP contribution in [0.5, 0.6) is 5.88 Å². The molecule has 0 radical (unpaired) electrons. The van der Waals surface area contributed by atoms with Crippen molar-refractivity contribution in [2.45, 2.75) is 13.8 Å². The Kier molecular flexibility index (Phi) is 5.05. The number of anilines is 3. The van der Waals surface area contributed by atoms with Crippen molar-refractivity contribution in [2.24, 2.45) is 5.92 Å². The highest BCUT2D eigenvalue weighted by molar-refractivity contribution is 14.1. The highest BCUT2D eigenvalue weighted by atomic mass is 127. The Hall–Kier alpha value is -1.50. The minimum absolute atomic E-state index is 0.434. The molecule has 1 heterocycles. The zero-order valence-electron chi connectivity index (χ0n) is 11.6. The minimum atomic E-state index is 0.434. The van der Waals surface area contributed by atoms with Crippen LogP contribution in [0.4, 0.5) is 17.2 Å². The minimum Gasteiger partial charge on any atom is -0.476 e. The standard InChI is InChI=1S/C15H18IN3O/c1-10(2)9-20-15-13(17)7-8-14(19-15)18-12-5-3-11(16)4-6-12/h3-8,10H,9,17H2,1-2H3,(H,18,19). The second-order valence-electron chi connectivity index (χ2n) is 4.93. The molecule has 20 heavy (non-hydrogen) atoms. The average molecular weight is 383 g/mol. The van der Waals surface area contributed by atoms with Crippen LogP contribution in [-0.4, -0.2) is 11.6 Å². The monoisotopic (exact) mass is 383 g/mol. The van der Waals surface area contributed by atoms with E-state index in [1.165, 1.54) is 3.57 Å². The molecule has 0 saturated heterocycles. The molecule has 2 aromatic rings. The van der Waals surface area contributed by atoms with Crippen LogP contribution in [0.15, 0.2) is 36.4 Å². The van der Waals surface area contributed by atoms with Gasteiger partial charge in [0.15, 0.2) is 0 Å². The largest absolute Gasteiger partial charge is 0.476 e. The van der Waals surface area contributed by atoms with E-state index in [2.05, 4.69) is 46.7 Å². The van der Waals surface area contributed by atoms with Crippen molar-refractivity contribution < 1.29 is 4.74 Å². The van der Waals surface area contributed by atoms with Gasteiger partial charge in [-0.3, -0.25) is 0 Å². The molecule has 3 N–H and O–H groups in total. The quantitative estimate of drug-likeness (QED) is 0.765. The summed E-state index contributed by atoms with van der Waals surface area (Å²) >= 11 is 2.27. The first-order chi connectivity index (χ1) is 9.54. The van der Waals surface area contributed by atoms with Gasteiger partial charge in [0.25, 0.3) is 0 Å². The zero-order valence-corrected chi connectivity index (χ0v) is 13.7. The molecule has 0 fully saturated rings. The van der Waals surface area contributed by atoms with Crippen LogP contribution in [0.25, 0.3) is 0 Å². The predicted molar refractivity (Wildman–Crippen MR) is 91.4 cm³/mol. The van der Waals surface area contributed by atoms with Crippen LogP contribution < -0.4 is 15.8 Å². The number of hydrogen-bond acceptors (Lipinski definition) is 4. The third-order valence-electron chi connectivity index (χ3n) is 2.56. The molecular weight excluding hydrogens is 365 g/mol. The Morgan fingerprint density at radius 2 is 1.90 bits per heavy atom. The Labute approximate surface area is 132 Å². The number of nitrogens with one attached hydrogen (secondary N) is 1. The fraction of sp³-hybridized carbons (Fsp3) is 0.267. The van der Waals surface area contributed by atoms with Crippen molar-refractivity contribution in [1.82, 2.24) is 4.98 Å². The number of nitrogen functional groups attached to an aromatic ring is 1. The first-order valence-corrected chi connectivity index (χ1v) is 7.54. The number of pyridine rings is 1. The maximum atomic E-state index is 5.87. The molecule has 106 valence electrons. The van der Waals surface area contributed by atoms with Gasteiger partial charge >= 0.3 is 0 Å². The lowest BCUT2D eigenvalue weighted by molar-refractivity contribution is 0.263. The molecular formula is C15H18IN3O. The second-order valence-corrected chi connectivity index (χ2v) is 6.17. The number of nitrogens with zero attached hydrogens (tertiary/aromatic N) is 1. The van der Waals surface area contributed by atoms with E-state index < -0.39 is 0 Å². The summed E-state index contributed by atoms with van der Waals surface area (Å²) in [5, 5.41) is 3.24. The van der Waals surface area contributed by atoms with Gasteiger partial charge in [-0.2, -0.15) is 4.98 Å². The lowest BCUT2D eigenvalue weighted by Gasteiger charge is -2.12. The van der Waals surface area contributed by atoms with Crippen molar-refractivity contribution in [3.8, 4) is 5.88 Å². The summed E-state index contributed by atoms with van der Waals surface area (Å²) in [6, 6.07) is 11.7. The molecule has 2 rings (SSSR count). The Morgan fingerprint density at radius 3 is 2.55 bits per heavy atom. The van der Waals surface area contributed by atoms with Gasteiger partial charge in [0, 0.05) is 9.26 Å². The van der Waals surface area contributed by atoms with Crippen molar-refractivity contribution in [1.29, 1.82) is 0 Å². The van der Waals surface area contributed by atoms with Gasteiger partial charge in [0.1, 0.15) is 5.82 Å². The third-order valence-corrected chi connectivity index (χ3v) is 3.28. The highest BCUT2D eigenvalue weighted by Crippen LogP contribution is 2.24. The van der Waals surface area contributed by atoms with E-state index in [9.17, 15) is 0 Å². The van der Waals surface area contributed by atoms with Crippen molar-refractivity contribution >= 4 is 39.8 Å². The van der Waals surface area contributed by atoms with Gasteiger partial charge < -0.3 is 15.8 Å². The summed E-state index contributed by atoms with van der Waals surface area (Å²) in [5.74, 6) is 1.64. The van der Waals surface area contributed by atoms with Gasteiger partial charge in [-0.1, -0.05) is 13.8 Å². The van der Waals surface area contributed by atoms with Gasteiger partial charge in [-0.05, 0) is 64.9 Å². The van der Waals surface area contributed by atoms with E-state index in [1.54, 1.807) is 6.07 Å². The Morgan fingerprint density at radius 1 is 1.20 bits per heavy atom. The van der Waals surface area contributed by atoms with E-state index in [-0.39, 0.29) is 0 Å². The molecule has 0 amide bonds. The number of aromatic nitrogens is 1. The fourth-order valence-corrected chi connectivity index (χ4v) is 1.92. The van der Waals surface area contributed by atoms with Gasteiger partial charge in [-0.25, -0.2) is 0 Å². The molecule has 0 atom stereocenters. The second kappa shape index (κ2) is 6.78. The zero-order chi connectivity index (χ0) is 14.5. The van der Waals surface area contributed by atoms with E-state index in [0.717, 1.165) is 11.5 Å². The van der Waals surface area contributed by atoms with Crippen LogP contribution >= 0.6 is 22.6 Å². The molecule has 0 aliphatic rings. The molecule has 0 aliphatic heterocycles. The molecule has 0 aliphatic carbocycles. The molecule has 0 bridgehead atoms. The number of nitrogens with two attached hydrogens (primary N) is 1. The summed E-state index contributed by atoms with van der Waals surface area (Å²) < 4.78 is 6.81. The lowest BCUT2D eigenvalue weighted by atomic mass is 10.2. The van der Waals surface area contributed by atoms with Crippen LogP contribution in [0.2, 0.25) is 0 Å². The van der Waals surface area contributed by atoms with Gasteiger partial charge in [0.05, 0.1) is 12.3 Å². The molecule has 4 nitrogen and oxygen atoms in total. The normalized spacial score (nSPS) is 10.6. The van der Waals surface area contributed by atoms with Gasteiger partial charge in [-0.15, -0.1) is 0 Å². The average Bonchev–Trinajstić information content (AvgIpc) is 2.42. The smallest absolute Gasteiger partial charge is 0.239 e. The van der Waals surface area contributed by atoms with Crippen molar-refractivity contribution in [2.75, 3.05) is 17.7 Å². The predicted octanol–water partition coefficient (Wildman–Crippen LogP) is 4.05. The molecule has 0 spiro atoms. The summed E-state index contributed by atoms with van der Waals surface area (Å²) in [6.07, 6.45) is 0. The topological polar surface area (TPSA) is 60.2 Å². The Balaban J connectivity index is 2.12. The number of halogens is 1. The maximum Gasteiger partial charge on any atom is 0.239 e. The van der Waals surface area contributed by atoms with Crippen molar-refractivity contribution in [3.05, 3.63) is 40.0 Å². The number of ether oxygens (including phenoxy) is 1. The number of rotatable bonds is 5. The molecule has 1 aromatic carbocycles. The van der Waals surface area contributed by atoms with E-state index in [0.29, 0.717) is 24.1 Å². The summed E-state index contributed by atoms with van der Waals surface area (Å²) in [5.41, 5.74) is 7.41. The summed E-state index contributed by atoms with van der Waals surface area (Å²) in [4.78, 5) is 4.40. The van der Waals surface area contributed by atoms with E-state index >= 15 is 0 Å². The molecule has 5 heteroatoms. The fourth-order valence-electron chi connectivity index (χ4n) is 1.56. The molecule has 1 aromatic heterocycles. The maximum absolute atomic E-state index is 5.87. The van der Waals surface area contributed by atoms with Crippen molar-refractivity contribution in [3.63, 3.8) is 0 Å². The Bertz CT molecular complexity index is 570. The SMILES string of the molecule is CC(C)COc1nc(Nc2ccc(I)cc2)ccc1N. The third kappa shape index (κ3) is 4.26. The molecule has 0 saturated carbocycles. The van der Waals surface area contributed by atoms with Gasteiger partial charge in [0.2, 0.25) is 5.88 Å². The first kappa shape index (κ1) is 14.9. The van der Waals surface area contributed by atoms with Crippen LogP contribution in [0, 0.1) is 9.49 Å². The lowest BCUT2D eigenvalue weighted by Crippen LogP contribution is -2.08. The molecule has 0 unspecified atom stereocenters.